The van der Waals surface area contributed by atoms with Gasteiger partial charge in [0.05, 0.1) is 6.54 Å². The molecule has 0 unspecified atom stereocenters. The third-order valence-electron chi connectivity index (χ3n) is 3.55. The van der Waals surface area contributed by atoms with E-state index in [-0.39, 0.29) is 5.91 Å². The van der Waals surface area contributed by atoms with Crippen LogP contribution in [-0.2, 0) is 11.3 Å². The summed E-state index contributed by atoms with van der Waals surface area (Å²) in [4.78, 5) is 14.3. The predicted octanol–water partition coefficient (Wildman–Crippen LogP) is 2.86. The van der Waals surface area contributed by atoms with Crippen LogP contribution in [0.5, 0.6) is 0 Å². The molecule has 0 aromatic carbocycles. The van der Waals surface area contributed by atoms with Crippen molar-refractivity contribution in [2.45, 2.75) is 65.1 Å². The second-order valence-electron chi connectivity index (χ2n) is 5.98. The number of amides is 1. The fourth-order valence-electron chi connectivity index (χ4n) is 2.32. The smallest absolute Gasteiger partial charge is 0.223 e. The molecule has 0 saturated heterocycles. The largest absolute Gasteiger partial charge is 0.464 e. The fourth-order valence-corrected chi connectivity index (χ4v) is 2.32. The van der Waals surface area contributed by atoms with Gasteiger partial charge in [0.25, 0.3) is 0 Å². The summed E-state index contributed by atoms with van der Waals surface area (Å²) < 4.78 is 5.59. The zero-order valence-corrected chi connectivity index (χ0v) is 12.8. The van der Waals surface area contributed by atoms with Gasteiger partial charge >= 0.3 is 0 Å². The molecule has 1 saturated carbocycles. The maximum atomic E-state index is 12.3. The lowest BCUT2D eigenvalue weighted by Crippen LogP contribution is -2.33. The van der Waals surface area contributed by atoms with E-state index < -0.39 is 0 Å². The highest BCUT2D eigenvalue weighted by Crippen LogP contribution is 2.29. The highest BCUT2D eigenvalue weighted by molar-refractivity contribution is 5.76. The summed E-state index contributed by atoms with van der Waals surface area (Å²) in [6.07, 6.45) is 3.79. The Morgan fingerprint density at radius 2 is 2.20 bits per heavy atom. The molecule has 0 bridgehead atoms. The third kappa shape index (κ3) is 4.67. The topological polar surface area (TPSA) is 45.5 Å². The van der Waals surface area contributed by atoms with Crippen LogP contribution in [0.3, 0.4) is 0 Å². The molecule has 1 amide bonds. The van der Waals surface area contributed by atoms with E-state index in [2.05, 4.69) is 19.2 Å². The van der Waals surface area contributed by atoms with Crippen LogP contribution < -0.4 is 5.32 Å². The summed E-state index contributed by atoms with van der Waals surface area (Å²) >= 11 is 0. The highest BCUT2D eigenvalue weighted by Gasteiger charge is 2.32. The zero-order chi connectivity index (χ0) is 14.5. The average molecular weight is 278 g/mol. The van der Waals surface area contributed by atoms with E-state index in [1.54, 1.807) is 0 Å². The van der Waals surface area contributed by atoms with E-state index in [1.165, 1.54) is 0 Å². The van der Waals surface area contributed by atoms with Gasteiger partial charge in [-0.25, -0.2) is 0 Å². The maximum absolute atomic E-state index is 12.3. The van der Waals surface area contributed by atoms with Gasteiger partial charge in [-0.3, -0.25) is 4.79 Å². The van der Waals surface area contributed by atoms with Crippen molar-refractivity contribution < 1.29 is 9.21 Å². The van der Waals surface area contributed by atoms with Gasteiger partial charge in [-0.05, 0) is 44.9 Å². The van der Waals surface area contributed by atoms with E-state index >= 15 is 0 Å². The zero-order valence-electron chi connectivity index (χ0n) is 12.8. The Kier molecular flexibility index (Phi) is 5.24. The molecule has 20 heavy (non-hydrogen) atoms. The van der Waals surface area contributed by atoms with E-state index in [0.717, 1.165) is 37.3 Å². The van der Waals surface area contributed by atoms with Gasteiger partial charge in [0.1, 0.15) is 11.5 Å². The van der Waals surface area contributed by atoms with Crippen LogP contribution in [0.2, 0.25) is 0 Å². The maximum Gasteiger partial charge on any atom is 0.223 e. The minimum absolute atomic E-state index is 0.257. The molecule has 4 nitrogen and oxygen atoms in total. The van der Waals surface area contributed by atoms with Crippen molar-refractivity contribution in [2.24, 2.45) is 0 Å². The number of aryl methyl sites for hydroxylation is 1. The van der Waals surface area contributed by atoms with Crippen LogP contribution in [0, 0.1) is 6.92 Å². The Hall–Kier alpha value is -1.29. The molecule has 2 rings (SSSR count). The Morgan fingerprint density at radius 1 is 1.45 bits per heavy atom. The van der Waals surface area contributed by atoms with Crippen molar-refractivity contribution in [1.82, 2.24) is 10.2 Å². The van der Waals surface area contributed by atoms with Gasteiger partial charge in [-0.1, -0.05) is 13.8 Å². The molecule has 0 radical (unpaired) electrons. The second kappa shape index (κ2) is 6.93. The first kappa shape index (κ1) is 15.1. The van der Waals surface area contributed by atoms with Crippen molar-refractivity contribution in [3.05, 3.63) is 23.7 Å². The Balaban J connectivity index is 1.80. The number of hydrogen-bond acceptors (Lipinski definition) is 3. The summed E-state index contributed by atoms with van der Waals surface area (Å²) in [6.45, 7) is 7.70. The summed E-state index contributed by atoms with van der Waals surface area (Å²) in [7, 11) is 0. The number of hydrogen-bond donors (Lipinski definition) is 1. The number of carbonyl (C=O) groups excluding carboxylic acids is 1. The van der Waals surface area contributed by atoms with Crippen molar-refractivity contribution in [1.29, 1.82) is 0 Å². The summed E-state index contributed by atoms with van der Waals surface area (Å²) in [5, 5.41) is 3.35. The Labute approximate surface area is 121 Å². The fraction of sp³-hybridized carbons (Fsp3) is 0.688. The molecule has 112 valence electrons. The van der Waals surface area contributed by atoms with Gasteiger partial charge < -0.3 is 14.6 Å². The predicted molar refractivity (Wildman–Crippen MR) is 79.4 cm³/mol. The molecule has 0 atom stereocenters. The molecular weight excluding hydrogens is 252 g/mol. The quantitative estimate of drug-likeness (QED) is 0.744. The molecule has 1 aliphatic rings. The summed E-state index contributed by atoms with van der Waals surface area (Å²) in [5.74, 6) is 2.06. The van der Waals surface area contributed by atoms with Crippen molar-refractivity contribution in [3.63, 3.8) is 0 Å². The highest BCUT2D eigenvalue weighted by atomic mass is 16.3. The number of nitrogens with one attached hydrogen (secondary N) is 1. The van der Waals surface area contributed by atoms with Crippen LogP contribution in [0.15, 0.2) is 16.5 Å². The SMILES string of the molecule is Cc1ccc(CN(C(=O)CCCNC(C)C)C2CC2)o1. The number of nitrogens with zero attached hydrogens (tertiary/aromatic N) is 1. The number of furan rings is 1. The van der Waals surface area contributed by atoms with Crippen molar-refractivity contribution >= 4 is 5.91 Å². The minimum atomic E-state index is 0.257. The summed E-state index contributed by atoms with van der Waals surface area (Å²) in [5.41, 5.74) is 0. The molecule has 1 aromatic heterocycles. The van der Waals surface area contributed by atoms with Crippen molar-refractivity contribution in [2.75, 3.05) is 6.54 Å². The molecular formula is C16H26N2O2. The molecule has 1 N–H and O–H groups in total. The molecule has 0 aliphatic heterocycles. The lowest BCUT2D eigenvalue weighted by Gasteiger charge is -2.21. The van der Waals surface area contributed by atoms with E-state index in [9.17, 15) is 4.79 Å². The van der Waals surface area contributed by atoms with Crippen LogP contribution in [0.1, 0.15) is 51.1 Å². The van der Waals surface area contributed by atoms with E-state index in [0.29, 0.717) is 25.0 Å². The van der Waals surface area contributed by atoms with Gasteiger partial charge in [-0.15, -0.1) is 0 Å². The van der Waals surface area contributed by atoms with Gasteiger partial charge in [-0.2, -0.15) is 0 Å². The molecule has 4 heteroatoms. The first-order valence-corrected chi connectivity index (χ1v) is 7.64. The van der Waals surface area contributed by atoms with Gasteiger partial charge in [0.15, 0.2) is 0 Å². The Morgan fingerprint density at radius 3 is 2.75 bits per heavy atom. The van der Waals surface area contributed by atoms with E-state index in [1.807, 2.05) is 24.0 Å². The molecule has 0 spiro atoms. The van der Waals surface area contributed by atoms with Gasteiger partial charge in [0, 0.05) is 18.5 Å². The Bertz CT molecular complexity index is 435. The van der Waals surface area contributed by atoms with E-state index in [4.69, 9.17) is 4.42 Å². The normalized spacial score (nSPS) is 14.8. The first-order chi connectivity index (χ1) is 9.56. The lowest BCUT2D eigenvalue weighted by atomic mass is 10.2. The number of rotatable bonds is 8. The molecule has 1 fully saturated rings. The van der Waals surface area contributed by atoms with Crippen LogP contribution in [-0.4, -0.2) is 29.4 Å². The standard InChI is InChI=1S/C16H26N2O2/c1-12(2)17-10-4-5-16(19)18(14-7-8-14)11-15-9-6-13(3)20-15/h6,9,12,14,17H,4-5,7-8,10-11H2,1-3H3. The van der Waals surface area contributed by atoms with Gasteiger partial charge in [0.2, 0.25) is 5.91 Å². The second-order valence-corrected chi connectivity index (χ2v) is 5.98. The minimum Gasteiger partial charge on any atom is -0.464 e. The molecule has 1 aromatic rings. The molecule has 1 heterocycles. The lowest BCUT2D eigenvalue weighted by molar-refractivity contribution is -0.132. The molecule has 1 aliphatic carbocycles. The van der Waals surface area contributed by atoms with Crippen molar-refractivity contribution in [3.8, 4) is 0 Å². The van der Waals surface area contributed by atoms with Crippen LogP contribution in [0.4, 0.5) is 0 Å². The van der Waals surface area contributed by atoms with Crippen LogP contribution >= 0.6 is 0 Å². The third-order valence-corrected chi connectivity index (χ3v) is 3.55. The summed E-state index contributed by atoms with van der Waals surface area (Å²) in [6, 6.07) is 4.84. The average Bonchev–Trinajstić information content (AvgIpc) is 3.15. The first-order valence-electron chi connectivity index (χ1n) is 7.64. The number of carbonyl (C=O) groups is 1. The monoisotopic (exact) mass is 278 g/mol. The van der Waals surface area contributed by atoms with Crippen LogP contribution in [0.25, 0.3) is 0 Å².